The zero-order chi connectivity index (χ0) is 22.5. The zero-order valence-corrected chi connectivity index (χ0v) is 18.3. The number of piperidine rings is 1. The lowest BCUT2D eigenvalue weighted by Crippen LogP contribution is -2.41. The Morgan fingerprint density at radius 3 is 2.19 bits per heavy atom. The number of rotatable bonds is 7. The molecule has 2 heterocycles. The van der Waals surface area contributed by atoms with Crippen LogP contribution >= 0.6 is 0 Å². The van der Waals surface area contributed by atoms with Crippen molar-refractivity contribution in [3.05, 3.63) is 48.0 Å². The Labute approximate surface area is 188 Å². The average molecular weight is 439 g/mol. The van der Waals surface area contributed by atoms with Crippen LogP contribution in [0.3, 0.4) is 0 Å². The van der Waals surface area contributed by atoms with Crippen LogP contribution in [0.25, 0.3) is 0 Å². The first-order valence-electron chi connectivity index (χ1n) is 11.5. The minimum Gasteiger partial charge on any atom is -0.456 e. The smallest absolute Gasteiger partial charge is 0.308 e. The number of hydrogen-bond acceptors (Lipinski definition) is 5. The van der Waals surface area contributed by atoms with Gasteiger partial charge in [-0.3, -0.25) is 24.1 Å². The number of ether oxygens (including phenoxy) is 1. The predicted molar refractivity (Wildman–Crippen MR) is 117 cm³/mol. The molecule has 1 aliphatic carbocycles. The standard InChI is InChI=1S/C25H30N2O5/c28-22(26-13-10-19(11-14-26)16-18-6-2-1-3-7-18)17-32-23(29)12-15-27-24(30)20-8-4-5-9-21(20)25(27)31/h1-7,19-21H,8-17H2/t20-,21-/m0/s1. The molecule has 0 unspecified atom stereocenters. The van der Waals surface area contributed by atoms with E-state index in [9.17, 15) is 19.2 Å². The van der Waals surface area contributed by atoms with Crippen LogP contribution in [0.15, 0.2) is 42.5 Å². The normalized spacial score (nSPS) is 23.4. The Bertz CT molecular complexity index is 863. The van der Waals surface area contributed by atoms with Crippen LogP contribution in [0, 0.1) is 17.8 Å². The van der Waals surface area contributed by atoms with Crippen LogP contribution in [0.2, 0.25) is 0 Å². The molecular weight excluding hydrogens is 408 g/mol. The summed E-state index contributed by atoms with van der Waals surface area (Å²) in [5.74, 6) is -1.20. The maximum Gasteiger partial charge on any atom is 0.308 e. The summed E-state index contributed by atoms with van der Waals surface area (Å²) < 4.78 is 5.14. The molecule has 7 heteroatoms. The Balaban J connectivity index is 1.15. The highest BCUT2D eigenvalue weighted by atomic mass is 16.5. The molecule has 32 heavy (non-hydrogen) atoms. The molecule has 7 nitrogen and oxygen atoms in total. The third kappa shape index (κ3) is 5.09. The van der Waals surface area contributed by atoms with Gasteiger partial charge in [-0.2, -0.15) is 0 Å². The molecule has 0 radical (unpaired) electrons. The van der Waals surface area contributed by atoms with Gasteiger partial charge in [0, 0.05) is 19.6 Å². The molecule has 3 aliphatic rings. The highest BCUT2D eigenvalue weighted by molar-refractivity contribution is 6.05. The van der Waals surface area contributed by atoms with Gasteiger partial charge in [-0.1, -0.05) is 42.5 Å². The van der Waals surface area contributed by atoms with Gasteiger partial charge < -0.3 is 9.64 Å². The van der Waals surface area contributed by atoms with Crippen LogP contribution < -0.4 is 0 Å². The van der Waals surface area contributed by atoms with Crippen molar-refractivity contribution in [3.8, 4) is 0 Å². The summed E-state index contributed by atoms with van der Waals surface area (Å²) in [4.78, 5) is 52.3. The fourth-order valence-electron chi connectivity index (χ4n) is 4.93. The summed E-state index contributed by atoms with van der Waals surface area (Å²) in [6, 6.07) is 10.4. The molecule has 2 aliphatic heterocycles. The first kappa shape index (κ1) is 22.2. The molecule has 1 aromatic rings. The van der Waals surface area contributed by atoms with Gasteiger partial charge in [-0.25, -0.2) is 0 Å². The van der Waals surface area contributed by atoms with Gasteiger partial charge in [0.25, 0.3) is 5.91 Å². The number of fused-ring (bicyclic) bond motifs is 1. The number of amides is 3. The summed E-state index contributed by atoms with van der Waals surface area (Å²) in [5.41, 5.74) is 1.32. The van der Waals surface area contributed by atoms with Crippen molar-refractivity contribution in [2.75, 3.05) is 26.2 Å². The molecular formula is C25H30N2O5. The minimum absolute atomic E-state index is 0.0164. The number of likely N-dealkylation sites (tertiary alicyclic amines) is 2. The van der Waals surface area contributed by atoms with E-state index in [1.165, 1.54) is 10.5 Å². The SMILES string of the molecule is O=C(CCN1C(=O)[C@H]2CC=CC[C@@H]2C1=O)OCC(=O)N1CCC(Cc2ccccc2)CC1. The summed E-state index contributed by atoms with van der Waals surface area (Å²) in [6.07, 6.45) is 7.82. The van der Waals surface area contributed by atoms with E-state index in [2.05, 4.69) is 12.1 Å². The Morgan fingerprint density at radius 2 is 1.56 bits per heavy atom. The molecule has 0 bridgehead atoms. The Kier molecular flexibility index (Phi) is 7.02. The first-order valence-corrected chi connectivity index (χ1v) is 11.5. The lowest BCUT2D eigenvalue weighted by Gasteiger charge is -2.32. The fourth-order valence-corrected chi connectivity index (χ4v) is 4.93. The van der Waals surface area contributed by atoms with E-state index in [0.29, 0.717) is 31.8 Å². The van der Waals surface area contributed by atoms with Gasteiger partial charge in [-0.05, 0) is 43.6 Å². The molecule has 4 rings (SSSR count). The van der Waals surface area contributed by atoms with Crippen molar-refractivity contribution in [2.24, 2.45) is 17.8 Å². The molecule has 2 atom stereocenters. The molecule has 170 valence electrons. The molecule has 1 aromatic carbocycles. The van der Waals surface area contributed by atoms with E-state index < -0.39 is 5.97 Å². The minimum atomic E-state index is -0.564. The summed E-state index contributed by atoms with van der Waals surface area (Å²) in [7, 11) is 0. The number of imide groups is 1. The van der Waals surface area contributed by atoms with Gasteiger partial charge >= 0.3 is 5.97 Å². The second-order valence-corrected chi connectivity index (χ2v) is 8.91. The molecule has 0 saturated carbocycles. The van der Waals surface area contributed by atoms with Gasteiger partial charge in [0.15, 0.2) is 6.61 Å². The second-order valence-electron chi connectivity index (χ2n) is 8.91. The third-order valence-electron chi connectivity index (χ3n) is 6.83. The number of hydrogen-bond donors (Lipinski definition) is 0. The van der Waals surface area contributed by atoms with Gasteiger partial charge in [-0.15, -0.1) is 0 Å². The van der Waals surface area contributed by atoms with Gasteiger partial charge in [0.2, 0.25) is 11.8 Å². The Morgan fingerprint density at radius 1 is 0.938 bits per heavy atom. The predicted octanol–water partition coefficient (Wildman–Crippen LogP) is 2.35. The lowest BCUT2D eigenvalue weighted by molar-refractivity contribution is -0.153. The highest BCUT2D eigenvalue weighted by Gasteiger charge is 2.46. The number of allylic oxidation sites excluding steroid dienone is 2. The van der Waals surface area contributed by atoms with E-state index in [4.69, 9.17) is 4.74 Å². The van der Waals surface area contributed by atoms with Gasteiger partial charge in [0.1, 0.15) is 0 Å². The molecule has 0 N–H and O–H groups in total. The number of carbonyl (C=O) groups is 4. The van der Waals surface area contributed by atoms with Crippen LogP contribution in [0.1, 0.15) is 37.7 Å². The summed E-state index contributed by atoms with van der Waals surface area (Å²) in [5, 5.41) is 0. The molecule has 0 aromatic heterocycles. The molecule has 3 amide bonds. The first-order chi connectivity index (χ1) is 15.5. The lowest BCUT2D eigenvalue weighted by atomic mass is 9.85. The van der Waals surface area contributed by atoms with E-state index in [-0.39, 0.29) is 49.1 Å². The van der Waals surface area contributed by atoms with Crippen molar-refractivity contribution < 1.29 is 23.9 Å². The topological polar surface area (TPSA) is 84.0 Å². The van der Waals surface area contributed by atoms with Crippen molar-refractivity contribution >= 4 is 23.7 Å². The summed E-state index contributed by atoms with van der Waals surface area (Å²) >= 11 is 0. The largest absolute Gasteiger partial charge is 0.456 e. The van der Waals surface area contributed by atoms with Gasteiger partial charge in [0.05, 0.1) is 18.3 Å². The van der Waals surface area contributed by atoms with Crippen LogP contribution in [0.4, 0.5) is 0 Å². The van der Waals surface area contributed by atoms with E-state index in [1.807, 2.05) is 30.4 Å². The number of esters is 1. The van der Waals surface area contributed by atoms with Crippen molar-refractivity contribution in [3.63, 3.8) is 0 Å². The van der Waals surface area contributed by atoms with E-state index >= 15 is 0 Å². The van der Waals surface area contributed by atoms with Crippen LogP contribution in [-0.2, 0) is 30.3 Å². The maximum atomic E-state index is 12.4. The van der Waals surface area contributed by atoms with Crippen molar-refractivity contribution in [1.82, 2.24) is 9.80 Å². The highest BCUT2D eigenvalue weighted by Crippen LogP contribution is 2.35. The second kappa shape index (κ2) is 10.1. The molecule has 0 spiro atoms. The number of nitrogens with zero attached hydrogens (tertiary/aromatic N) is 2. The number of benzene rings is 1. The summed E-state index contributed by atoms with van der Waals surface area (Å²) in [6.45, 7) is 1.06. The van der Waals surface area contributed by atoms with E-state index in [1.54, 1.807) is 4.90 Å². The monoisotopic (exact) mass is 438 g/mol. The van der Waals surface area contributed by atoms with Crippen molar-refractivity contribution in [1.29, 1.82) is 0 Å². The molecule has 2 fully saturated rings. The van der Waals surface area contributed by atoms with Crippen molar-refractivity contribution in [2.45, 2.75) is 38.5 Å². The van der Waals surface area contributed by atoms with Crippen LogP contribution in [0.5, 0.6) is 0 Å². The fraction of sp³-hybridized carbons (Fsp3) is 0.520. The van der Waals surface area contributed by atoms with E-state index in [0.717, 1.165) is 19.3 Å². The average Bonchev–Trinajstić information content (AvgIpc) is 3.07. The molecule has 2 saturated heterocycles. The Hall–Kier alpha value is -2.96. The quantitative estimate of drug-likeness (QED) is 0.371. The maximum absolute atomic E-state index is 12.4. The number of carbonyl (C=O) groups excluding carboxylic acids is 4. The van der Waals surface area contributed by atoms with Crippen LogP contribution in [-0.4, -0.2) is 59.7 Å². The zero-order valence-electron chi connectivity index (χ0n) is 18.3. The third-order valence-corrected chi connectivity index (χ3v) is 6.83.